The predicted molar refractivity (Wildman–Crippen MR) is 68.2 cm³/mol. The van der Waals surface area contributed by atoms with E-state index >= 15 is 0 Å². The number of hydrogen-bond donors (Lipinski definition) is 3. The van der Waals surface area contributed by atoms with Crippen LogP contribution in [-0.4, -0.2) is 55.1 Å². The normalized spacial score (nSPS) is 25.6. The molecular formula is C12H22N4O2. The molecule has 2 atom stereocenters. The second kappa shape index (κ2) is 5.56. The zero-order chi connectivity index (χ0) is 13.1. The summed E-state index contributed by atoms with van der Waals surface area (Å²) in [4.78, 5) is 25.2. The third-order valence-corrected chi connectivity index (χ3v) is 3.63. The molecule has 2 aliphatic rings. The Morgan fingerprint density at radius 2 is 1.89 bits per heavy atom. The minimum Gasteiger partial charge on any atom is -0.352 e. The minimum absolute atomic E-state index is 0.109. The van der Waals surface area contributed by atoms with E-state index in [1.807, 2.05) is 6.92 Å². The molecular weight excluding hydrogens is 232 g/mol. The van der Waals surface area contributed by atoms with Crippen molar-refractivity contribution in [3.63, 3.8) is 0 Å². The monoisotopic (exact) mass is 254 g/mol. The van der Waals surface area contributed by atoms with E-state index in [2.05, 4.69) is 20.9 Å². The number of urea groups is 1. The summed E-state index contributed by atoms with van der Waals surface area (Å²) in [6, 6.07) is 0.280. The average Bonchev–Trinajstić information content (AvgIpc) is 3.05. The van der Waals surface area contributed by atoms with Crippen molar-refractivity contribution in [2.45, 2.75) is 44.3 Å². The third kappa shape index (κ3) is 3.35. The first kappa shape index (κ1) is 13.1. The Hall–Kier alpha value is -1.30. The summed E-state index contributed by atoms with van der Waals surface area (Å²) in [6.07, 6.45) is 3.12. The largest absolute Gasteiger partial charge is 0.352 e. The van der Waals surface area contributed by atoms with Crippen LogP contribution in [0.4, 0.5) is 4.79 Å². The number of likely N-dealkylation sites (tertiary alicyclic amines) is 1. The van der Waals surface area contributed by atoms with Crippen LogP contribution >= 0.6 is 0 Å². The molecule has 0 spiro atoms. The van der Waals surface area contributed by atoms with Gasteiger partial charge in [0.15, 0.2) is 0 Å². The zero-order valence-corrected chi connectivity index (χ0v) is 11.0. The van der Waals surface area contributed by atoms with Crippen molar-refractivity contribution >= 4 is 11.9 Å². The van der Waals surface area contributed by atoms with Gasteiger partial charge in [-0.3, -0.25) is 9.69 Å². The quantitative estimate of drug-likeness (QED) is 0.642. The fourth-order valence-corrected chi connectivity index (χ4v) is 2.23. The number of nitrogens with zero attached hydrogens (tertiary/aromatic N) is 1. The van der Waals surface area contributed by atoms with Crippen LogP contribution in [0.2, 0.25) is 0 Å². The van der Waals surface area contributed by atoms with Crippen LogP contribution in [0.25, 0.3) is 0 Å². The molecule has 0 aromatic carbocycles. The third-order valence-electron chi connectivity index (χ3n) is 3.63. The number of nitrogens with one attached hydrogen (secondary N) is 3. The van der Waals surface area contributed by atoms with Gasteiger partial charge in [0.1, 0.15) is 0 Å². The highest BCUT2D eigenvalue weighted by Crippen LogP contribution is 2.20. The van der Waals surface area contributed by atoms with Crippen molar-refractivity contribution in [3.8, 4) is 0 Å². The fraction of sp³-hybridized carbons (Fsp3) is 0.833. The lowest BCUT2D eigenvalue weighted by Crippen LogP contribution is -2.47. The van der Waals surface area contributed by atoms with Gasteiger partial charge in [0.25, 0.3) is 0 Å². The van der Waals surface area contributed by atoms with E-state index in [-0.39, 0.29) is 24.0 Å². The molecule has 3 N–H and O–H groups in total. The van der Waals surface area contributed by atoms with Crippen LogP contribution in [0, 0.1) is 0 Å². The van der Waals surface area contributed by atoms with E-state index in [0.717, 1.165) is 32.4 Å². The molecule has 102 valence electrons. The Balaban J connectivity index is 1.76. The number of hydrogen-bond acceptors (Lipinski definition) is 3. The van der Waals surface area contributed by atoms with Crippen molar-refractivity contribution in [2.75, 3.05) is 20.1 Å². The van der Waals surface area contributed by atoms with E-state index in [1.165, 1.54) is 0 Å². The summed E-state index contributed by atoms with van der Waals surface area (Å²) in [5.41, 5.74) is 0. The van der Waals surface area contributed by atoms with E-state index in [0.29, 0.717) is 6.04 Å². The topological polar surface area (TPSA) is 73.5 Å². The number of amides is 3. The SMILES string of the molecule is CNC(=O)NC1CCN(C(C)C(=O)NC2CC2)C1. The molecule has 1 saturated heterocycles. The molecule has 18 heavy (non-hydrogen) atoms. The van der Waals surface area contributed by atoms with E-state index in [9.17, 15) is 9.59 Å². The second-order valence-corrected chi connectivity index (χ2v) is 5.16. The van der Waals surface area contributed by atoms with Crippen LogP contribution < -0.4 is 16.0 Å². The highest BCUT2D eigenvalue weighted by Gasteiger charge is 2.32. The summed E-state index contributed by atoms with van der Waals surface area (Å²) < 4.78 is 0. The maximum Gasteiger partial charge on any atom is 0.314 e. The van der Waals surface area contributed by atoms with Gasteiger partial charge in [0, 0.05) is 32.2 Å². The molecule has 1 aliphatic carbocycles. The van der Waals surface area contributed by atoms with Gasteiger partial charge < -0.3 is 16.0 Å². The smallest absolute Gasteiger partial charge is 0.314 e. The minimum atomic E-state index is -0.156. The molecule has 1 saturated carbocycles. The van der Waals surface area contributed by atoms with Crippen LogP contribution in [0.15, 0.2) is 0 Å². The first-order valence-electron chi connectivity index (χ1n) is 6.63. The highest BCUT2D eigenvalue weighted by atomic mass is 16.2. The summed E-state index contributed by atoms with van der Waals surface area (Å²) in [7, 11) is 1.60. The first-order valence-corrected chi connectivity index (χ1v) is 6.63. The van der Waals surface area contributed by atoms with Crippen molar-refractivity contribution in [2.24, 2.45) is 0 Å². The molecule has 0 aromatic rings. The average molecular weight is 254 g/mol. The van der Waals surface area contributed by atoms with Crippen LogP contribution in [0.1, 0.15) is 26.2 Å². The van der Waals surface area contributed by atoms with E-state index in [4.69, 9.17) is 0 Å². The Morgan fingerprint density at radius 1 is 1.17 bits per heavy atom. The van der Waals surface area contributed by atoms with E-state index < -0.39 is 0 Å². The van der Waals surface area contributed by atoms with Gasteiger partial charge in [-0.25, -0.2) is 4.79 Å². The van der Waals surface area contributed by atoms with Gasteiger partial charge in [0.05, 0.1) is 6.04 Å². The lowest BCUT2D eigenvalue weighted by Gasteiger charge is -2.23. The molecule has 0 bridgehead atoms. The van der Waals surface area contributed by atoms with Crippen molar-refractivity contribution in [1.82, 2.24) is 20.9 Å². The lowest BCUT2D eigenvalue weighted by atomic mass is 10.2. The molecule has 1 heterocycles. The fourth-order valence-electron chi connectivity index (χ4n) is 2.23. The van der Waals surface area contributed by atoms with Crippen LogP contribution in [0.3, 0.4) is 0 Å². The van der Waals surface area contributed by atoms with Gasteiger partial charge in [0.2, 0.25) is 5.91 Å². The van der Waals surface area contributed by atoms with E-state index in [1.54, 1.807) is 7.05 Å². The van der Waals surface area contributed by atoms with Gasteiger partial charge >= 0.3 is 6.03 Å². The maximum absolute atomic E-state index is 11.9. The van der Waals surface area contributed by atoms with Gasteiger partial charge in [-0.05, 0) is 26.2 Å². The summed E-state index contributed by atoms with van der Waals surface area (Å²) in [5.74, 6) is 0.109. The number of rotatable bonds is 4. The zero-order valence-electron chi connectivity index (χ0n) is 11.0. The molecule has 1 aliphatic heterocycles. The molecule has 2 fully saturated rings. The Morgan fingerprint density at radius 3 is 2.50 bits per heavy atom. The molecule has 0 radical (unpaired) electrons. The maximum atomic E-state index is 11.9. The summed E-state index contributed by atoms with van der Waals surface area (Å²) in [5, 5.41) is 8.44. The van der Waals surface area contributed by atoms with Crippen molar-refractivity contribution < 1.29 is 9.59 Å². The Labute approximate surface area is 107 Å². The van der Waals surface area contributed by atoms with Gasteiger partial charge in [-0.1, -0.05) is 0 Å². The number of carbonyl (C=O) groups is 2. The predicted octanol–water partition coefficient (Wildman–Crippen LogP) is -0.343. The molecule has 6 heteroatoms. The van der Waals surface area contributed by atoms with Crippen LogP contribution in [0.5, 0.6) is 0 Å². The Kier molecular flexibility index (Phi) is 4.06. The summed E-state index contributed by atoms with van der Waals surface area (Å²) >= 11 is 0. The Bertz CT molecular complexity index is 330. The summed E-state index contributed by atoms with van der Waals surface area (Å²) in [6.45, 7) is 3.53. The molecule has 0 aromatic heterocycles. The first-order chi connectivity index (χ1) is 8.60. The standard InChI is InChI=1S/C12H22N4O2/c1-8(11(17)14-9-3-4-9)16-6-5-10(7-16)15-12(18)13-2/h8-10H,3-7H2,1-2H3,(H,14,17)(H2,13,15,18). The van der Waals surface area contributed by atoms with Crippen LogP contribution in [-0.2, 0) is 4.79 Å². The molecule has 3 amide bonds. The van der Waals surface area contributed by atoms with Gasteiger partial charge in [-0.2, -0.15) is 0 Å². The molecule has 2 rings (SSSR count). The van der Waals surface area contributed by atoms with Gasteiger partial charge in [-0.15, -0.1) is 0 Å². The molecule has 6 nitrogen and oxygen atoms in total. The second-order valence-electron chi connectivity index (χ2n) is 5.16. The number of carbonyl (C=O) groups excluding carboxylic acids is 2. The highest BCUT2D eigenvalue weighted by molar-refractivity contribution is 5.82. The van der Waals surface area contributed by atoms with Crippen molar-refractivity contribution in [1.29, 1.82) is 0 Å². The lowest BCUT2D eigenvalue weighted by molar-refractivity contribution is -0.125. The molecule has 2 unspecified atom stereocenters. The van der Waals surface area contributed by atoms with Crippen molar-refractivity contribution in [3.05, 3.63) is 0 Å².